The summed E-state index contributed by atoms with van der Waals surface area (Å²) in [5.74, 6) is 0.177. The van der Waals surface area contributed by atoms with E-state index in [1.54, 1.807) is 12.3 Å². The van der Waals surface area contributed by atoms with Gasteiger partial charge in [0.25, 0.3) is 0 Å². The van der Waals surface area contributed by atoms with Crippen molar-refractivity contribution in [3.05, 3.63) is 84.9 Å². The average Bonchev–Trinajstić information content (AvgIpc) is 2.75. The van der Waals surface area contributed by atoms with E-state index < -0.39 is 0 Å². The van der Waals surface area contributed by atoms with Crippen LogP contribution in [0.2, 0.25) is 0 Å². The van der Waals surface area contributed by atoms with E-state index in [1.807, 2.05) is 56.3 Å². The van der Waals surface area contributed by atoms with Crippen LogP contribution in [0.1, 0.15) is 54.2 Å². The molecule has 1 aromatic heterocycles. The predicted octanol–water partition coefficient (Wildman–Crippen LogP) is 9.01. The van der Waals surface area contributed by atoms with Crippen molar-refractivity contribution in [1.82, 2.24) is 16.1 Å². The van der Waals surface area contributed by atoms with Gasteiger partial charge in [-0.25, -0.2) is 0 Å². The number of rotatable bonds is 3. The fraction of sp³-hybridized carbons (Fsp3) is 0.385. The van der Waals surface area contributed by atoms with Crippen LogP contribution in [0.4, 0.5) is 0 Å². The first-order valence-electron chi connectivity index (χ1n) is 10.00. The number of allylic oxidation sites excluding steroid dienone is 1. The monoisotopic (exact) mass is 849 g/mol. The average molecular weight is 849 g/mol. The molecule has 3 aromatic rings. The number of halogens is 2. The number of aliphatic hydroxyl groups excluding tert-OH is 1. The summed E-state index contributed by atoms with van der Waals surface area (Å²) in [5.41, 5.74) is 2.55. The second-order valence-electron chi connectivity index (χ2n) is 5.70. The second kappa shape index (κ2) is 31.4. The van der Waals surface area contributed by atoms with Gasteiger partial charge in [0.15, 0.2) is 0 Å². The first-order chi connectivity index (χ1) is 14.4. The summed E-state index contributed by atoms with van der Waals surface area (Å²) >= 11 is 4.63. The zero-order chi connectivity index (χ0) is 23.2. The largest absolute Gasteiger partial charge is 2.00 e. The van der Waals surface area contributed by atoms with E-state index in [1.165, 1.54) is 4.43 Å². The number of hydrogen-bond acceptors (Lipinski definition) is 4. The van der Waals surface area contributed by atoms with Gasteiger partial charge in [-0.1, -0.05) is 93.8 Å². The molecule has 0 fully saturated rings. The summed E-state index contributed by atoms with van der Waals surface area (Å²) in [6.45, 7) is 13.9. The Hall–Kier alpha value is -0.572. The van der Waals surface area contributed by atoms with Crippen LogP contribution in [0.15, 0.2) is 67.1 Å². The topological polar surface area (TPSA) is 81.0 Å². The molecule has 0 saturated heterocycles. The number of nitrogens with zero attached hydrogens (tertiary/aromatic N) is 2. The van der Waals surface area contributed by atoms with Crippen molar-refractivity contribution in [2.45, 2.75) is 58.8 Å². The summed E-state index contributed by atoms with van der Waals surface area (Å²) in [5, 5.41) is 8.98. The summed E-state index contributed by atoms with van der Waals surface area (Å²) < 4.78 is 2.02. The van der Waals surface area contributed by atoms with Gasteiger partial charge in [0, 0.05) is 22.2 Å². The molecule has 0 aliphatic carbocycles. The Balaban J connectivity index is -0.000000123. The van der Waals surface area contributed by atoms with Crippen LogP contribution in [0.3, 0.4) is 0 Å². The third-order valence-electron chi connectivity index (χ3n) is 2.71. The number of aromatic nitrogens is 2. The van der Waals surface area contributed by atoms with Gasteiger partial charge in [-0.05, 0) is 21.9 Å². The van der Waals surface area contributed by atoms with E-state index in [-0.39, 0.29) is 40.4 Å². The first-order valence-corrected chi connectivity index (χ1v) is 12.8. The summed E-state index contributed by atoms with van der Waals surface area (Å²) in [4.78, 5) is 8.67. The fourth-order valence-electron chi connectivity index (χ4n) is 1.67. The Morgan fingerprint density at radius 2 is 1.61 bits per heavy atom. The van der Waals surface area contributed by atoms with E-state index in [2.05, 4.69) is 94.6 Å². The zero-order valence-corrected chi connectivity index (χ0v) is 27.1. The standard InChI is InChI=1S/C12H11N2O.C6H5.C3H7I.C2H5I.C2H6.CH4.H3N.W/c1-9(15)6-7-10-8-13-11-4-2-3-5-12(11)14-10;1-2-4-6-5-3-1;1-3(2)4;1-2-3;1-2;;;/h2,4-5,8,15H,1,6-7H2;1-5H;3H,1-2H3;2H2,1H3;1-2H3;1H4;1H3;/q2*-1;;;;;;+2. The zero-order valence-electron chi connectivity index (χ0n) is 19.8. The van der Waals surface area contributed by atoms with Crippen LogP contribution < -0.4 is 6.15 Å². The van der Waals surface area contributed by atoms with Gasteiger partial charge >= 0.3 is 21.1 Å². The maximum Gasteiger partial charge on any atom is 2.00 e. The summed E-state index contributed by atoms with van der Waals surface area (Å²) in [6, 6.07) is 20.9. The Morgan fingerprint density at radius 1 is 1.09 bits per heavy atom. The molecule has 0 unspecified atom stereocenters. The summed E-state index contributed by atoms with van der Waals surface area (Å²) in [7, 11) is 0. The van der Waals surface area contributed by atoms with Gasteiger partial charge in [0.1, 0.15) is 0 Å². The van der Waals surface area contributed by atoms with Crippen molar-refractivity contribution in [2.24, 2.45) is 0 Å². The Morgan fingerprint density at radius 3 is 2.00 bits per heavy atom. The minimum Gasteiger partial charge on any atom is -0.513 e. The number of aliphatic hydroxyl groups is 1. The predicted molar refractivity (Wildman–Crippen MR) is 161 cm³/mol. The first kappa shape index (κ1) is 42.6. The van der Waals surface area contributed by atoms with E-state index >= 15 is 0 Å². The van der Waals surface area contributed by atoms with Crippen LogP contribution in [0, 0.1) is 12.1 Å². The molecule has 0 radical (unpaired) electrons. The number of alkyl halides is 2. The van der Waals surface area contributed by atoms with Gasteiger partial charge < -0.3 is 16.2 Å². The quantitative estimate of drug-likeness (QED) is 0.119. The minimum atomic E-state index is 0. The van der Waals surface area contributed by atoms with Crippen molar-refractivity contribution < 1.29 is 26.2 Å². The molecule has 3 rings (SSSR count). The Kier molecular flexibility index (Phi) is 40.5. The minimum absolute atomic E-state index is 0. The molecule has 0 amide bonds. The van der Waals surface area contributed by atoms with Crippen molar-refractivity contribution in [1.29, 1.82) is 0 Å². The smallest absolute Gasteiger partial charge is 0.513 e. The molecule has 1 heterocycles. The van der Waals surface area contributed by atoms with Crippen LogP contribution in [0.5, 0.6) is 0 Å². The van der Waals surface area contributed by atoms with Gasteiger partial charge in [-0.2, -0.15) is 48.5 Å². The van der Waals surface area contributed by atoms with Crippen LogP contribution in [-0.4, -0.2) is 23.4 Å². The second-order valence-corrected chi connectivity index (χ2v) is 9.72. The van der Waals surface area contributed by atoms with E-state index in [4.69, 9.17) is 5.11 Å². The fourth-order valence-corrected chi connectivity index (χ4v) is 1.67. The molecular weight excluding hydrogens is 808 g/mol. The summed E-state index contributed by atoms with van der Waals surface area (Å²) in [6.07, 6.45) is 2.91. The molecular formula is C26H41I2N3OW. The normalized spacial score (nSPS) is 8.00. The van der Waals surface area contributed by atoms with Crippen molar-refractivity contribution in [2.75, 3.05) is 4.43 Å². The van der Waals surface area contributed by atoms with Crippen molar-refractivity contribution in [3.63, 3.8) is 0 Å². The maximum atomic E-state index is 8.98. The van der Waals surface area contributed by atoms with Gasteiger partial charge in [0.2, 0.25) is 0 Å². The molecule has 0 aliphatic heterocycles. The maximum absolute atomic E-state index is 8.98. The van der Waals surface area contributed by atoms with E-state index in [0.29, 0.717) is 12.8 Å². The number of fused-ring (bicyclic) bond motifs is 1. The molecule has 0 spiro atoms. The molecule has 4 N–H and O–H groups in total. The number of benzene rings is 2. The third kappa shape index (κ3) is 29.4. The van der Waals surface area contributed by atoms with Crippen LogP contribution >= 0.6 is 45.2 Å². The molecule has 0 bridgehead atoms. The van der Waals surface area contributed by atoms with Crippen molar-refractivity contribution >= 4 is 56.2 Å². The Bertz CT molecular complexity index is 746. The van der Waals surface area contributed by atoms with Gasteiger partial charge in [-0.15, -0.1) is 12.1 Å². The third-order valence-corrected chi connectivity index (χ3v) is 2.71. The molecule has 186 valence electrons. The number of aryl methyl sites for hydroxylation is 1. The molecule has 0 saturated carbocycles. The Labute approximate surface area is 244 Å². The SMILES string of the molecule is C.C=C(O)CCc1cnc2cc[c-]cc2n1.CC.CC(C)I.CCI.N.[W+2].[c-]1ccccc1. The molecule has 0 aliphatic rings. The van der Waals surface area contributed by atoms with E-state index in [0.717, 1.165) is 20.7 Å². The molecule has 0 atom stereocenters. The van der Waals surface area contributed by atoms with Gasteiger partial charge in [-0.3, -0.25) is 4.98 Å². The van der Waals surface area contributed by atoms with E-state index in [9.17, 15) is 0 Å². The molecule has 7 heteroatoms. The molecule has 4 nitrogen and oxygen atoms in total. The van der Waals surface area contributed by atoms with Crippen LogP contribution in [0.25, 0.3) is 11.0 Å². The number of hydrogen-bond donors (Lipinski definition) is 2. The van der Waals surface area contributed by atoms with Crippen molar-refractivity contribution in [3.8, 4) is 0 Å². The molecule has 2 aromatic carbocycles. The van der Waals surface area contributed by atoms with Gasteiger partial charge in [0.05, 0.1) is 5.76 Å². The molecule has 33 heavy (non-hydrogen) atoms. The van der Waals surface area contributed by atoms with Crippen LogP contribution in [-0.2, 0) is 27.5 Å².